The lowest BCUT2D eigenvalue weighted by atomic mass is 9.82. The number of pyridine rings is 1. The molecule has 1 saturated carbocycles. The molecule has 3 aliphatic rings. The molecule has 0 spiro atoms. The molecule has 5 rings (SSSR count). The Kier molecular flexibility index (Phi) is 6.38. The van der Waals surface area contributed by atoms with Gasteiger partial charge in [0, 0.05) is 57.9 Å². The Labute approximate surface area is 195 Å². The molecule has 4 heterocycles. The van der Waals surface area contributed by atoms with Crippen molar-refractivity contribution in [1.82, 2.24) is 24.7 Å². The number of urea groups is 1. The number of carbonyl (C=O) groups excluding carboxylic acids is 2. The number of anilines is 1. The molecule has 8 nitrogen and oxygen atoms in total. The van der Waals surface area contributed by atoms with Gasteiger partial charge in [0.2, 0.25) is 5.91 Å². The second-order valence-corrected chi connectivity index (χ2v) is 10.4. The van der Waals surface area contributed by atoms with Gasteiger partial charge in [-0.15, -0.1) is 0 Å². The second kappa shape index (κ2) is 9.43. The molecule has 3 fully saturated rings. The van der Waals surface area contributed by atoms with E-state index >= 15 is 0 Å². The van der Waals surface area contributed by atoms with Crippen LogP contribution in [0.2, 0.25) is 0 Å². The van der Waals surface area contributed by atoms with Gasteiger partial charge < -0.3 is 0 Å². The molecule has 1 aliphatic carbocycles. The summed E-state index contributed by atoms with van der Waals surface area (Å²) in [5.74, 6) is 1.57. The summed E-state index contributed by atoms with van der Waals surface area (Å²) < 4.78 is 1.80. The number of amides is 3. The highest BCUT2D eigenvalue weighted by atomic mass is 16.2. The van der Waals surface area contributed by atoms with Crippen LogP contribution in [-0.4, -0.2) is 70.1 Å². The SMILES string of the molecule is C[C@H]1CN(Cc2ccn3ncc(N4CCC(=O)NC4=O)c3c2)CCN1C[C@H]1CC[C@H](C)CC1. The normalized spacial score (nSPS) is 27.8. The van der Waals surface area contributed by atoms with E-state index in [0.717, 1.165) is 49.2 Å². The Bertz CT molecular complexity index is 1010. The largest absolute Gasteiger partial charge is 0.328 e. The second-order valence-electron chi connectivity index (χ2n) is 10.4. The van der Waals surface area contributed by atoms with E-state index in [-0.39, 0.29) is 11.9 Å². The minimum Gasteiger partial charge on any atom is -0.298 e. The van der Waals surface area contributed by atoms with Gasteiger partial charge >= 0.3 is 6.03 Å². The number of nitrogens with zero attached hydrogens (tertiary/aromatic N) is 5. The summed E-state index contributed by atoms with van der Waals surface area (Å²) in [6.45, 7) is 10.6. The third-order valence-corrected chi connectivity index (χ3v) is 7.79. The van der Waals surface area contributed by atoms with Crippen LogP contribution in [-0.2, 0) is 11.3 Å². The van der Waals surface area contributed by atoms with Crippen molar-refractivity contribution in [2.75, 3.05) is 37.6 Å². The molecule has 2 aromatic rings. The Morgan fingerprint density at radius 2 is 1.91 bits per heavy atom. The van der Waals surface area contributed by atoms with Crippen molar-refractivity contribution in [2.45, 2.75) is 58.5 Å². The van der Waals surface area contributed by atoms with Crippen molar-refractivity contribution in [3.63, 3.8) is 0 Å². The van der Waals surface area contributed by atoms with Crippen LogP contribution in [0, 0.1) is 11.8 Å². The standard InChI is InChI=1S/C25H36N6O2/c1-18-3-5-20(6-4-18)17-29-12-11-28(15-19(29)2)16-21-7-10-31-22(13-21)23(14-26-31)30-9-8-24(32)27-25(30)33/h7,10,13-14,18-20H,3-6,8-9,11-12,15-17H2,1-2H3,(H,27,32,33)/t18-,19-,20-/m0/s1. The van der Waals surface area contributed by atoms with E-state index in [1.165, 1.54) is 37.8 Å². The van der Waals surface area contributed by atoms with E-state index in [1.807, 2.05) is 6.20 Å². The number of imide groups is 1. The third-order valence-electron chi connectivity index (χ3n) is 7.79. The molecule has 0 bridgehead atoms. The number of aromatic nitrogens is 2. The van der Waals surface area contributed by atoms with E-state index < -0.39 is 0 Å². The summed E-state index contributed by atoms with van der Waals surface area (Å²) in [7, 11) is 0. The summed E-state index contributed by atoms with van der Waals surface area (Å²) in [4.78, 5) is 30.7. The van der Waals surface area contributed by atoms with Crippen LogP contribution in [0.1, 0.15) is 51.5 Å². The third kappa shape index (κ3) is 4.92. The van der Waals surface area contributed by atoms with E-state index in [0.29, 0.717) is 19.0 Å². The Hall–Kier alpha value is -2.45. The summed E-state index contributed by atoms with van der Waals surface area (Å²) >= 11 is 0. The first-order chi connectivity index (χ1) is 16.0. The first kappa shape index (κ1) is 22.3. The maximum atomic E-state index is 12.3. The number of hydrogen-bond acceptors (Lipinski definition) is 5. The molecule has 1 atom stereocenters. The number of rotatable bonds is 5. The molecule has 0 radical (unpaired) electrons. The zero-order chi connectivity index (χ0) is 22.9. The molecular formula is C25H36N6O2. The first-order valence-corrected chi connectivity index (χ1v) is 12.5. The van der Waals surface area contributed by atoms with Crippen LogP contribution < -0.4 is 10.2 Å². The minimum atomic E-state index is -0.371. The highest BCUT2D eigenvalue weighted by Crippen LogP contribution is 2.30. The number of hydrogen-bond donors (Lipinski definition) is 1. The van der Waals surface area contributed by atoms with Gasteiger partial charge in [-0.1, -0.05) is 19.8 Å². The van der Waals surface area contributed by atoms with Crippen molar-refractivity contribution in [1.29, 1.82) is 0 Å². The summed E-state index contributed by atoms with van der Waals surface area (Å²) in [6, 6.07) is 4.45. The molecule has 8 heteroatoms. The maximum absolute atomic E-state index is 12.3. The molecule has 2 saturated heterocycles. The van der Waals surface area contributed by atoms with Gasteiger partial charge in [0.1, 0.15) is 0 Å². The zero-order valence-corrected chi connectivity index (χ0v) is 19.9. The molecule has 0 aromatic carbocycles. The van der Waals surface area contributed by atoms with Gasteiger partial charge in [0.15, 0.2) is 0 Å². The fraction of sp³-hybridized carbons (Fsp3) is 0.640. The van der Waals surface area contributed by atoms with Crippen molar-refractivity contribution in [3.05, 3.63) is 30.1 Å². The van der Waals surface area contributed by atoms with Gasteiger partial charge in [-0.2, -0.15) is 5.10 Å². The lowest BCUT2D eigenvalue weighted by Gasteiger charge is -2.42. The van der Waals surface area contributed by atoms with Gasteiger partial charge in [-0.25, -0.2) is 9.31 Å². The Morgan fingerprint density at radius 3 is 2.67 bits per heavy atom. The molecule has 3 amide bonds. The summed E-state index contributed by atoms with van der Waals surface area (Å²) in [5, 5.41) is 6.81. The fourth-order valence-corrected chi connectivity index (χ4v) is 5.70. The van der Waals surface area contributed by atoms with Gasteiger partial charge in [0.25, 0.3) is 0 Å². The fourth-order valence-electron chi connectivity index (χ4n) is 5.70. The number of fused-ring (bicyclic) bond motifs is 1. The van der Waals surface area contributed by atoms with E-state index in [4.69, 9.17) is 0 Å². The molecule has 33 heavy (non-hydrogen) atoms. The van der Waals surface area contributed by atoms with Gasteiger partial charge in [-0.3, -0.25) is 24.8 Å². The minimum absolute atomic E-state index is 0.222. The van der Waals surface area contributed by atoms with E-state index in [1.54, 1.807) is 15.6 Å². The van der Waals surface area contributed by atoms with E-state index in [9.17, 15) is 9.59 Å². The number of nitrogens with one attached hydrogen (secondary N) is 1. The average molecular weight is 453 g/mol. The van der Waals surface area contributed by atoms with Gasteiger partial charge in [-0.05, 0) is 49.3 Å². The molecule has 2 aliphatic heterocycles. The molecule has 2 aromatic heterocycles. The van der Waals surface area contributed by atoms with Crippen LogP contribution in [0.15, 0.2) is 24.5 Å². The molecule has 1 N–H and O–H groups in total. The average Bonchev–Trinajstić information content (AvgIpc) is 3.20. The Balaban J connectivity index is 1.22. The topological polar surface area (TPSA) is 73.2 Å². The van der Waals surface area contributed by atoms with Crippen molar-refractivity contribution in [3.8, 4) is 0 Å². The number of carbonyl (C=O) groups is 2. The lowest BCUT2D eigenvalue weighted by molar-refractivity contribution is -0.120. The van der Waals surface area contributed by atoms with Crippen molar-refractivity contribution in [2.24, 2.45) is 11.8 Å². The lowest BCUT2D eigenvalue weighted by Crippen LogP contribution is -2.52. The van der Waals surface area contributed by atoms with Crippen molar-refractivity contribution < 1.29 is 9.59 Å². The van der Waals surface area contributed by atoms with Crippen LogP contribution in [0.3, 0.4) is 0 Å². The van der Waals surface area contributed by atoms with Gasteiger partial charge in [0.05, 0.1) is 17.4 Å². The Morgan fingerprint density at radius 1 is 1.09 bits per heavy atom. The highest BCUT2D eigenvalue weighted by Gasteiger charge is 2.29. The molecule has 178 valence electrons. The predicted molar refractivity (Wildman–Crippen MR) is 128 cm³/mol. The molecule has 0 unspecified atom stereocenters. The quantitative estimate of drug-likeness (QED) is 0.755. The van der Waals surface area contributed by atoms with E-state index in [2.05, 4.69) is 46.2 Å². The highest BCUT2D eigenvalue weighted by molar-refractivity contribution is 6.07. The predicted octanol–water partition coefficient (Wildman–Crippen LogP) is 3.11. The molecular weight excluding hydrogens is 416 g/mol. The number of piperazine rings is 1. The smallest absolute Gasteiger partial charge is 0.298 e. The first-order valence-electron chi connectivity index (χ1n) is 12.5. The monoisotopic (exact) mass is 452 g/mol. The van der Waals surface area contributed by atoms with Crippen molar-refractivity contribution >= 4 is 23.1 Å². The van der Waals surface area contributed by atoms with Crippen LogP contribution in [0.4, 0.5) is 10.5 Å². The van der Waals surface area contributed by atoms with Crippen LogP contribution in [0.25, 0.3) is 5.52 Å². The summed E-state index contributed by atoms with van der Waals surface area (Å²) in [5.41, 5.74) is 2.87. The maximum Gasteiger partial charge on any atom is 0.328 e. The summed E-state index contributed by atoms with van der Waals surface area (Å²) in [6.07, 6.45) is 9.56. The van der Waals surface area contributed by atoms with Crippen LogP contribution in [0.5, 0.6) is 0 Å². The zero-order valence-electron chi connectivity index (χ0n) is 19.9. The van der Waals surface area contributed by atoms with Crippen LogP contribution >= 0.6 is 0 Å².